The second kappa shape index (κ2) is 9.83. The SMILES string of the molecule is COc1ccc(NC(=O)c2ccc(Nc3nc(-c4ccccc4)c4cc(Cl)ccc4n3)cc2)cc1. The van der Waals surface area contributed by atoms with Crippen LogP contribution in [0.2, 0.25) is 5.02 Å². The van der Waals surface area contributed by atoms with Gasteiger partial charge in [0.05, 0.1) is 18.3 Å². The number of ether oxygens (including phenoxy) is 1. The lowest BCUT2D eigenvalue weighted by Gasteiger charge is -2.11. The highest BCUT2D eigenvalue weighted by Gasteiger charge is 2.12. The molecule has 35 heavy (non-hydrogen) atoms. The molecule has 0 saturated heterocycles. The van der Waals surface area contributed by atoms with Gasteiger partial charge in [-0.2, -0.15) is 0 Å². The zero-order valence-corrected chi connectivity index (χ0v) is 19.6. The monoisotopic (exact) mass is 480 g/mol. The maximum atomic E-state index is 12.6. The van der Waals surface area contributed by atoms with Gasteiger partial charge in [-0.15, -0.1) is 0 Å². The molecule has 0 atom stereocenters. The lowest BCUT2D eigenvalue weighted by atomic mass is 10.1. The van der Waals surface area contributed by atoms with Crippen LogP contribution in [0.1, 0.15) is 10.4 Å². The molecule has 172 valence electrons. The van der Waals surface area contributed by atoms with Crippen molar-refractivity contribution in [2.75, 3.05) is 17.7 Å². The van der Waals surface area contributed by atoms with Gasteiger partial charge >= 0.3 is 0 Å². The first-order valence-corrected chi connectivity index (χ1v) is 11.3. The third kappa shape index (κ3) is 5.08. The van der Waals surface area contributed by atoms with E-state index in [0.717, 1.165) is 33.6 Å². The molecule has 1 amide bonds. The van der Waals surface area contributed by atoms with Gasteiger partial charge in [0, 0.05) is 32.9 Å². The molecule has 6 nitrogen and oxygen atoms in total. The van der Waals surface area contributed by atoms with Crippen LogP contribution in [0.5, 0.6) is 5.75 Å². The second-order valence-corrected chi connectivity index (χ2v) is 8.24. The van der Waals surface area contributed by atoms with Gasteiger partial charge in [-0.1, -0.05) is 41.9 Å². The Bertz CT molecular complexity index is 1490. The highest BCUT2D eigenvalue weighted by molar-refractivity contribution is 6.31. The highest BCUT2D eigenvalue weighted by Crippen LogP contribution is 2.30. The summed E-state index contributed by atoms with van der Waals surface area (Å²) in [5, 5.41) is 7.63. The van der Waals surface area contributed by atoms with E-state index in [1.54, 1.807) is 43.5 Å². The number of rotatable bonds is 6. The number of methoxy groups -OCH3 is 1. The average Bonchev–Trinajstić information content (AvgIpc) is 2.90. The first-order chi connectivity index (χ1) is 17.1. The molecule has 1 heterocycles. The van der Waals surface area contributed by atoms with Gasteiger partial charge in [0.25, 0.3) is 5.91 Å². The summed E-state index contributed by atoms with van der Waals surface area (Å²) in [5.74, 6) is 0.980. The lowest BCUT2D eigenvalue weighted by Crippen LogP contribution is -2.11. The molecular weight excluding hydrogens is 460 g/mol. The summed E-state index contributed by atoms with van der Waals surface area (Å²) in [4.78, 5) is 22.0. The molecule has 0 aliphatic carbocycles. The van der Waals surface area contributed by atoms with Crippen LogP contribution in [0.25, 0.3) is 22.2 Å². The van der Waals surface area contributed by atoms with Crippen molar-refractivity contribution < 1.29 is 9.53 Å². The number of carbonyl (C=O) groups excluding carboxylic acids is 1. The minimum absolute atomic E-state index is 0.202. The van der Waals surface area contributed by atoms with Crippen LogP contribution in [-0.2, 0) is 0 Å². The molecule has 4 aromatic carbocycles. The summed E-state index contributed by atoms with van der Waals surface area (Å²) in [6, 6.07) is 29.8. The highest BCUT2D eigenvalue weighted by atomic mass is 35.5. The number of nitrogens with zero attached hydrogens (tertiary/aromatic N) is 2. The summed E-state index contributed by atoms with van der Waals surface area (Å²) >= 11 is 6.24. The number of nitrogens with one attached hydrogen (secondary N) is 2. The first kappa shape index (κ1) is 22.4. The minimum Gasteiger partial charge on any atom is -0.497 e. The predicted molar refractivity (Wildman–Crippen MR) is 141 cm³/mol. The van der Waals surface area contributed by atoms with Crippen molar-refractivity contribution in [3.8, 4) is 17.0 Å². The summed E-state index contributed by atoms with van der Waals surface area (Å²) < 4.78 is 5.15. The largest absolute Gasteiger partial charge is 0.497 e. The Morgan fingerprint density at radius 1 is 0.829 bits per heavy atom. The molecule has 2 N–H and O–H groups in total. The van der Waals surface area contributed by atoms with Gasteiger partial charge in [-0.25, -0.2) is 9.97 Å². The van der Waals surface area contributed by atoms with Crippen LogP contribution in [0.4, 0.5) is 17.3 Å². The number of amides is 1. The number of hydrogen-bond donors (Lipinski definition) is 2. The number of hydrogen-bond acceptors (Lipinski definition) is 5. The summed E-state index contributed by atoms with van der Waals surface area (Å²) in [7, 11) is 1.60. The summed E-state index contributed by atoms with van der Waals surface area (Å²) in [5.41, 5.74) is 4.52. The molecular formula is C28H21ClN4O2. The Morgan fingerprint density at radius 3 is 2.26 bits per heavy atom. The van der Waals surface area contributed by atoms with Crippen LogP contribution in [0.15, 0.2) is 97.1 Å². The Balaban J connectivity index is 1.38. The van der Waals surface area contributed by atoms with Gasteiger partial charge in [-0.3, -0.25) is 4.79 Å². The molecule has 7 heteroatoms. The first-order valence-electron chi connectivity index (χ1n) is 10.9. The maximum absolute atomic E-state index is 12.6. The molecule has 0 unspecified atom stereocenters. The molecule has 0 spiro atoms. The Morgan fingerprint density at radius 2 is 1.54 bits per heavy atom. The van der Waals surface area contributed by atoms with Crippen LogP contribution in [0, 0.1) is 0 Å². The predicted octanol–water partition coefficient (Wildman–Crippen LogP) is 6.95. The second-order valence-electron chi connectivity index (χ2n) is 7.81. The van der Waals surface area contributed by atoms with E-state index in [9.17, 15) is 4.79 Å². The molecule has 5 aromatic rings. The van der Waals surface area contributed by atoms with Gasteiger partial charge in [0.15, 0.2) is 0 Å². The van der Waals surface area contributed by atoms with Gasteiger partial charge < -0.3 is 15.4 Å². The zero-order valence-electron chi connectivity index (χ0n) is 18.8. The van der Waals surface area contributed by atoms with Gasteiger partial charge in [-0.05, 0) is 66.7 Å². The molecule has 0 bridgehead atoms. The molecule has 1 aromatic heterocycles. The van der Waals surface area contributed by atoms with Gasteiger partial charge in [0.2, 0.25) is 5.95 Å². The van der Waals surface area contributed by atoms with E-state index in [2.05, 4.69) is 15.6 Å². The Hall–Kier alpha value is -4.42. The van der Waals surface area contributed by atoms with E-state index in [-0.39, 0.29) is 5.91 Å². The van der Waals surface area contributed by atoms with Crippen molar-refractivity contribution in [3.05, 3.63) is 108 Å². The number of anilines is 3. The third-order valence-electron chi connectivity index (χ3n) is 5.46. The molecule has 0 saturated carbocycles. The summed E-state index contributed by atoms with van der Waals surface area (Å²) in [6.07, 6.45) is 0. The van der Waals surface area contributed by atoms with E-state index in [4.69, 9.17) is 21.3 Å². The van der Waals surface area contributed by atoms with E-state index in [0.29, 0.717) is 22.2 Å². The van der Waals surface area contributed by atoms with Crippen LogP contribution in [-0.4, -0.2) is 23.0 Å². The van der Waals surface area contributed by atoms with Crippen LogP contribution < -0.4 is 15.4 Å². The average molecular weight is 481 g/mol. The van der Waals surface area contributed by atoms with E-state index in [1.807, 2.05) is 60.7 Å². The van der Waals surface area contributed by atoms with Crippen molar-refractivity contribution in [2.24, 2.45) is 0 Å². The fraction of sp³-hybridized carbons (Fsp3) is 0.0357. The lowest BCUT2D eigenvalue weighted by molar-refractivity contribution is 0.102. The fourth-order valence-corrected chi connectivity index (χ4v) is 3.86. The van der Waals surface area contributed by atoms with Crippen LogP contribution in [0.3, 0.4) is 0 Å². The fourth-order valence-electron chi connectivity index (χ4n) is 3.68. The summed E-state index contributed by atoms with van der Waals surface area (Å²) in [6.45, 7) is 0. The molecule has 5 rings (SSSR count). The van der Waals surface area contributed by atoms with Crippen molar-refractivity contribution in [1.82, 2.24) is 9.97 Å². The zero-order chi connectivity index (χ0) is 24.2. The number of carbonyl (C=O) groups is 1. The van der Waals surface area contributed by atoms with Crippen molar-refractivity contribution >= 4 is 45.7 Å². The normalized spacial score (nSPS) is 10.7. The van der Waals surface area contributed by atoms with Crippen molar-refractivity contribution in [3.63, 3.8) is 0 Å². The van der Waals surface area contributed by atoms with Crippen molar-refractivity contribution in [1.29, 1.82) is 0 Å². The molecule has 0 fully saturated rings. The Labute approximate surface area is 207 Å². The number of benzene rings is 4. The smallest absolute Gasteiger partial charge is 0.255 e. The van der Waals surface area contributed by atoms with Gasteiger partial charge in [0.1, 0.15) is 5.75 Å². The van der Waals surface area contributed by atoms with E-state index < -0.39 is 0 Å². The van der Waals surface area contributed by atoms with E-state index >= 15 is 0 Å². The quantitative estimate of drug-likeness (QED) is 0.275. The number of fused-ring (bicyclic) bond motifs is 1. The minimum atomic E-state index is -0.202. The number of aromatic nitrogens is 2. The number of halogens is 1. The van der Waals surface area contributed by atoms with Crippen molar-refractivity contribution in [2.45, 2.75) is 0 Å². The molecule has 0 radical (unpaired) electrons. The molecule has 0 aliphatic rings. The maximum Gasteiger partial charge on any atom is 0.255 e. The topological polar surface area (TPSA) is 76.1 Å². The van der Waals surface area contributed by atoms with Crippen LogP contribution >= 0.6 is 11.6 Å². The molecule has 0 aliphatic heterocycles. The van der Waals surface area contributed by atoms with E-state index in [1.165, 1.54) is 0 Å². The standard InChI is InChI=1S/C28H21ClN4O2/c1-35-23-14-12-21(13-15-23)30-27(34)19-7-10-22(11-8-19)31-28-32-25-16-9-20(29)17-24(25)26(33-28)18-5-3-2-4-6-18/h2-17H,1H3,(H,30,34)(H,31,32,33). The third-order valence-corrected chi connectivity index (χ3v) is 5.69. The Kier molecular flexibility index (Phi) is 6.28.